The number of amides is 4. The number of nitrogens with zero attached hydrogens (tertiary/aromatic N) is 21. The molecule has 766 valence electrons. The molecule has 3 aliphatic heterocycles. The van der Waals surface area contributed by atoms with Gasteiger partial charge in [0.1, 0.15) is 66.0 Å². The second-order valence-corrected chi connectivity index (χ2v) is 35.9. The molecule has 21 rings (SSSR count). The summed E-state index contributed by atoms with van der Waals surface area (Å²) in [5.41, 5.74) is 5.16. The van der Waals surface area contributed by atoms with Crippen molar-refractivity contribution in [1.82, 2.24) is 105 Å². The highest BCUT2D eigenvalue weighted by molar-refractivity contribution is 6.36. The molecule has 0 aliphatic carbocycles. The summed E-state index contributed by atoms with van der Waals surface area (Å²) in [6.45, 7) is 17.1. The predicted octanol–water partition coefficient (Wildman–Crippen LogP) is 19.5. The van der Waals surface area contributed by atoms with Crippen molar-refractivity contribution < 1.29 is 77.6 Å². The Morgan fingerprint density at radius 1 is 0.400 bits per heavy atom. The van der Waals surface area contributed by atoms with Crippen LogP contribution in [0.1, 0.15) is 45.0 Å². The second kappa shape index (κ2) is 42.7. The number of methoxy groups -OCH3 is 3. The Kier molecular flexibility index (Phi) is 28.9. The van der Waals surface area contributed by atoms with Crippen LogP contribution < -0.4 is 44.3 Å². The first-order valence-electron chi connectivity index (χ1n) is 46.6. The molecule has 3 aliphatic rings. The molecular formula is C104H88Cl3F9N26O8. The Hall–Kier alpha value is -17.2. The number of nitrogens with one attached hydrogen (secondary N) is 5. The van der Waals surface area contributed by atoms with Crippen molar-refractivity contribution in [3.05, 3.63) is 289 Å². The Labute approximate surface area is 861 Å². The topological polar surface area (TPSA) is 366 Å². The van der Waals surface area contributed by atoms with Gasteiger partial charge in [-0.15, -0.1) is 0 Å². The number of H-pyrrole nitrogens is 3. The lowest BCUT2D eigenvalue weighted by Gasteiger charge is -2.35. The zero-order valence-corrected chi connectivity index (χ0v) is 82.2. The summed E-state index contributed by atoms with van der Waals surface area (Å²) >= 11 is 20.9. The van der Waals surface area contributed by atoms with E-state index in [0.717, 1.165) is 55.1 Å². The maximum Gasteiger partial charge on any atom is 0.434 e. The summed E-state index contributed by atoms with van der Waals surface area (Å²) in [6, 6.07) is 39.4. The number of aryl methyl sites for hydroxylation is 1. The van der Waals surface area contributed by atoms with Gasteiger partial charge in [0.15, 0.2) is 17.1 Å². The largest absolute Gasteiger partial charge is 0.497 e. The first kappa shape index (κ1) is 101. The van der Waals surface area contributed by atoms with Crippen LogP contribution in [0.3, 0.4) is 0 Å². The second-order valence-electron chi connectivity index (χ2n) is 34.6. The highest BCUT2D eigenvalue weighted by Gasteiger charge is 2.43. The smallest absolute Gasteiger partial charge is 0.434 e. The van der Waals surface area contributed by atoms with E-state index in [9.17, 15) is 58.7 Å². The van der Waals surface area contributed by atoms with Gasteiger partial charge in [-0.05, 0) is 177 Å². The van der Waals surface area contributed by atoms with E-state index in [0.29, 0.717) is 212 Å². The molecule has 0 saturated carbocycles. The average molecular weight is 2110 g/mol. The van der Waals surface area contributed by atoms with Crippen LogP contribution in [0, 0.1) is 0 Å². The van der Waals surface area contributed by atoms with E-state index in [-0.39, 0.29) is 68.8 Å². The van der Waals surface area contributed by atoms with Crippen molar-refractivity contribution in [2.24, 2.45) is 0 Å². The summed E-state index contributed by atoms with van der Waals surface area (Å²) < 4.78 is 154. The summed E-state index contributed by atoms with van der Waals surface area (Å²) in [6.07, 6.45) is 2.80. The predicted molar refractivity (Wildman–Crippen MR) is 550 cm³/mol. The Bertz CT molecular complexity index is 8200. The standard InChI is InChI=1S/C36H33ClF3N9O2.C34H27ClF3N9O3.C34H28ClF3N8O3/c1-3-32(50)47-13-15-48(16-14-47)35-26-17-28(37)25(18-31(26)42-21-43-35)33-27-20-44-46-29(27)10-11-30(33)41-12-4-5-22-19-45-49(34(22)36(38,39)40)23-6-8-24(51-2)9-7-23;1-3-29(48)45-10-12-46(13-11-45)32-22-14-25(35)21(15-28(22)39-18-40-32)30-23-16-41-44-26(23)8-9-27(30)43-33(49)24-17-42-47(31(24)34(36,37)38)19-4-6-20(50-2)7-5-19;1-3-30(47)44-10-12-45(13-11-44)33-24-14-26(35)23(15-28(24)39-19-40-33)31-25-17-41-43-27(25)8-9-29(31)49-18-20-16-42-46(32(20)34(36,37)38)21-4-6-22(48-2)7-5-21/h3,6-11,17-21,41H,1,4-5,12-16H2,2H3,(H,44,46);3-9,14-18H,1,10-13H2,2H3,(H,41,44)(H,43,49);3-9,14-17,19H,1,10-13,18H2,2H3,(H,41,43). The first-order valence-corrected chi connectivity index (χ1v) is 47.8. The molecule has 4 amide bonds. The number of piperazine rings is 3. The molecule has 12 heterocycles. The maximum atomic E-state index is 14.5. The SMILES string of the molecule is C=CC(=O)N1CCN(c2ncnc3cc(-c4c(NC(=O)c5cnn(-c6ccc(OC)cc6)c5C(F)(F)F)ccc5[nH]ncc45)c(Cl)cc23)CC1.C=CC(=O)N1CCN(c2ncnc3cc(-c4c(NCCCc5cnn(-c6ccc(OC)cc6)c5C(F)(F)F)ccc5[nH]ncc45)c(Cl)cc23)CC1.C=CC(=O)N1CCN(c2ncnc3cc(-c4c(OCc5cnn(-c6ccc(OC)cc6)c5C(F)(F)F)ccc5[nH]ncc45)c(Cl)cc23)CC1. The summed E-state index contributed by atoms with van der Waals surface area (Å²) in [4.78, 5) is 88.5. The minimum Gasteiger partial charge on any atom is -0.497 e. The summed E-state index contributed by atoms with van der Waals surface area (Å²) in [5, 5.41) is 44.8. The maximum absolute atomic E-state index is 14.5. The molecule has 0 bridgehead atoms. The lowest BCUT2D eigenvalue weighted by molar-refractivity contribution is -0.144. The van der Waals surface area contributed by atoms with Gasteiger partial charge < -0.3 is 59.0 Å². The highest BCUT2D eigenvalue weighted by Crippen LogP contribution is 2.49. The van der Waals surface area contributed by atoms with E-state index in [2.05, 4.69) is 116 Å². The van der Waals surface area contributed by atoms with Gasteiger partial charge in [-0.2, -0.15) is 70.1 Å². The normalized spacial score (nSPS) is 13.6. The van der Waals surface area contributed by atoms with Crippen LogP contribution >= 0.6 is 34.8 Å². The number of hydrogen-bond donors (Lipinski definition) is 5. The third-order valence-corrected chi connectivity index (χ3v) is 26.9. The minimum atomic E-state index is -4.92. The van der Waals surface area contributed by atoms with E-state index in [4.69, 9.17) is 53.8 Å². The molecule has 0 spiro atoms. The molecule has 46 heteroatoms. The fourth-order valence-electron chi connectivity index (χ4n) is 18.6. The quantitative estimate of drug-likeness (QED) is 0.0201. The van der Waals surface area contributed by atoms with Crippen molar-refractivity contribution in [1.29, 1.82) is 0 Å². The van der Waals surface area contributed by atoms with Gasteiger partial charge in [0, 0.05) is 188 Å². The Balaban J connectivity index is 0.000000141. The molecule has 9 aromatic heterocycles. The lowest BCUT2D eigenvalue weighted by Crippen LogP contribution is -2.48. The summed E-state index contributed by atoms with van der Waals surface area (Å²) in [7, 11) is 4.41. The average Bonchev–Trinajstić information content (AvgIpc) is 1.28. The molecule has 0 atom stereocenters. The molecule has 150 heavy (non-hydrogen) atoms. The van der Waals surface area contributed by atoms with E-state index in [1.807, 2.05) is 29.2 Å². The number of hydrogen-bond acceptors (Lipinski definition) is 24. The monoisotopic (exact) mass is 2100 g/mol. The highest BCUT2D eigenvalue weighted by atomic mass is 35.5. The summed E-state index contributed by atoms with van der Waals surface area (Å²) in [5.74, 6) is 2.44. The number of fused-ring (bicyclic) bond motifs is 6. The van der Waals surface area contributed by atoms with Crippen molar-refractivity contribution >= 4 is 153 Å². The van der Waals surface area contributed by atoms with E-state index < -0.39 is 53.7 Å². The molecule has 18 aromatic rings. The first-order chi connectivity index (χ1) is 72.4. The van der Waals surface area contributed by atoms with E-state index >= 15 is 0 Å². The number of carbonyl (C=O) groups is 4. The van der Waals surface area contributed by atoms with Crippen LogP contribution in [0.4, 0.5) is 68.3 Å². The Morgan fingerprint density at radius 3 is 1.13 bits per heavy atom. The number of benzene rings is 9. The molecule has 0 radical (unpaired) electrons. The number of rotatable bonds is 25. The van der Waals surface area contributed by atoms with Crippen molar-refractivity contribution in [3.8, 4) is 73.4 Å². The third kappa shape index (κ3) is 20.6. The van der Waals surface area contributed by atoms with Gasteiger partial charge in [-0.1, -0.05) is 54.5 Å². The number of anilines is 5. The molecule has 34 nitrogen and oxygen atoms in total. The van der Waals surface area contributed by atoms with Gasteiger partial charge in [0.05, 0.1) is 114 Å². The number of ether oxygens (including phenoxy) is 4. The zero-order valence-electron chi connectivity index (χ0n) is 79.9. The lowest BCUT2D eigenvalue weighted by atomic mass is 9.98. The van der Waals surface area contributed by atoms with Gasteiger partial charge in [-0.25, -0.2) is 43.9 Å². The van der Waals surface area contributed by atoms with Crippen LogP contribution in [0.5, 0.6) is 23.0 Å². The number of aromatic amines is 3. The fourth-order valence-corrected chi connectivity index (χ4v) is 19.4. The molecule has 9 aromatic carbocycles. The van der Waals surface area contributed by atoms with Crippen LogP contribution in [-0.4, -0.2) is 235 Å². The van der Waals surface area contributed by atoms with Gasteiger partial charge in [-0.3, -0.25) is 34.5 Å². The number of halogens is 12. The molecule has 3 saturated heterocycles. The van der Waals surface area contributed by atoms with Crippen LogP contribution in [0.2, 0.25) is 15.1 Å². The van der Waals surface area contributed by atoms with Gasteiger partial charge >= 0.3 is 18.5 Å². The number of aromatic nitrogens is 18. The molecule has 0 unspecified atom stereocenters. The van der Waals surface area contributed by atoms with E-state index in [1.54, 1.807) is 118 Å². The fraction of sp³-hybridized carbons (Fsp3) is 0.212. The molecule has 5 N–H and O–H groups in total. The van der Waals surface area contributed by atoms with Crippen molar-refractivity contribution in [2.45, 2.75) is 38.0 Å². The zero-order chi connectivity index (χ0) is 105. The Morgan fingerprint density at radius 2 is 0.747 bits per heavy atom. The van der Waals surface area contributed by atoms with Gasteiger partial charge in [0.25, 0.3) is 5.91 Å². The molecular weight excluding hydrogens is 2020 g/mol. The van der Waals surface area contributed by atoms with Crippen molar-refractivity contribution in [3.63, 3.8) is 0 Å². The van der Waals surface area contributed by atoms with E-state index in [1.165, 1.54) is 101 Å². The van der Waals surface area contributed by atoms with Crippen LogP contribution in [-0.2, 0) is 45.9 Å². The van der Waals surface area contributed by atoms with Crippen LogP contribution in [0.15, 0.2) is 240 Å². The minimum absolute atomic E-state index is 0.0918. The van der Waals surface area contributed by atoms with Crippen molar-refractivity contribution in [2.75, 3.05) is 132 Å². The number of carbonyl (C=O) groups excluding carboxylic acids is 4. The third-order valence-electron chi connectivity index (χ3n) is 26.0. The van der Waals surface area contributed by atoms with Gasteiger partial charge in [0.2, 0.25) is 17.7 Å². The molecule has 3 fully saturated rings. The van der Waals surface area contributed by atoms with Crippen LogP contribution in [0.25, 0.3) is 116 Å². The number of alkyl halides is 9.